The van der Waals surface area contributed by atoms with Gasteiger partial charge in [0.2, 0.25) is 0 Å². The summed E-state index contributed by atoms with van der Waals surface area (Å²) in [6.45, 7) is 1.34. The van der Waals surface area contributed by atoms with Gasteiger partial charge in [-0.1, -0.05) is 60.1 Å². The minimum atomic E-state index is -0.491. The molecule has 0 unspecified atom stereocenters. The van der Waals surface area contributed by atoms with E-state index in [9.17, 15) is 9.59 Å². The van der Waals surface area contributed by atoms with Crippen molar-refractivity contribution in [3.63, 3.8) is 0 Å². The number of nitrogens with zero attached hydrogens (tertiary/aromatic N) is 2. The van der Waals surface area contributed by atoms with E-state index in [0.717, 1.165) is 22.0 Å². The van der Waals surface area contributed by atoms with Gasteiger partial charge in [-0.25, -0.2) is 0 Å². The number of hydrogen-bond donors (Lipinski definition) is 0. The maximum atomic E-state index is 12.7. The van der Waals surface area contributed by atoms with E-state index in [4.69, 9.17) is 11.6 Å². The Labute approximate surface area is 156 Å². The molecule has 1 aliphatic rings. The Morgan fingerprint density at radius 1 is 0.846 bits per heavy atom. The van der Waals surface area contributed by atoms with Gasteiger partial charge in [-0.05, 0) is 29.1 Å². The number of halogens is 1. The minimum absolute atomic E-state index is 0.383. The van der Waals surface area contributed by atoms with E-state index < -0.39 is 11.8 Å². The first-order valence-corrected chi connectivity index (χ1v) is 8.84. The number of rotatable bonds is 3. The Morgan fingerprint density at radius 2 is 1.62 bits per heavy atom. The van der Waals surface area contributed by atoms with Crippen molar-refractivity contribution in [2.24, 2.45) is 0 Å². The average Bonchev–Trinajstić information content (AvgIpc) is 2.65. The fourth-order valence-corrected chi connectivity index (χ4v) is 3.57. The lowest BCUT2D eigenvalue weighted by molar-refractivity contribution is -0.146. The number of carbonyl (C=O) groups is 2. The summed E-state index contributed by atoms with van der Waals surface area (Å²) < 4.78 is 0. The molecule has 3 aromatic rings. The number of piperazine rings is 1. The standard InChI is InChI=1S/C21H17ClN2O2/c22-17-8-3-5-15(13-17)14-23-11-12-24(21(26)20(23)25)19-10-4-7-16-6-1-2-9-18(16)19/h1-10,13H,11-12,14H2. The first-order valence-electron chi connectivity index (χ1n) is 8.46. The molecule has 0 saturated carbocycles. The van der Waals surface area contributed by atoms with Crippen LogP contribution in [0.5, 0.6) is 0 Å². The topological polar surface area (TPSA) is 40.6 Å². The summed E-state index contributed by atoms with van der Waals surface area (Å²) in [5.74, 6) is -0.973. The highest BCUT2D eigenvalue weighted by Gasteiger charge is 2.33. The molecule has 0 spiro atoms. The lowest BCUT2D eigenvalue weighted by Gasteiger charge is -2.34. The van der Waals surface area contributed by atoms with Crippen molar-refractivity contribution in [1.29, 1.82) is 0 Å². The summed E-state index contributed by atoms with van der Waals surface area (Å²) in [6.07, 6.45) is 0. The molecule has 1 aliphatic heterocycles. The maximum absolute atomic E-state index is 12.7. The Morgan fingerprint density at radius 3 is 2.46 bits per heavy atom. The molecule has 1 saturated heterocycles. The lowest BCUT2D eigenvalue weighted by Crippen LogP contribution is -2.54. The van der Waals surface area contributed by atoms with Crippen LogP contribution >= 0.6 is 11.6 Å². The van der Waals surface area contributed by atoms with Crippen LogP contribution in [0.25, 0.3) is 10.8 Å². The zero-order chi connectivity index (χ0) is 18.1. The SMILES string of the molecule is O=C1C(=O)N(c2cccc3ccccc23)CCN1Cc1cccc(Cl)c1. The molecule has 2 amide bonds. The molecule has 130 valence electrons. The number of benzene rings is 3. The summed E-state index contributed by atoms with van der Waals surface area (Å²) >= 11 is 6.01. The van der Waals surface area contributed by atoms with Crippen LogP contribution in [0.4, 0.5) is 5.69 Å². The Bertz CT molecular complexity index is 997. The van der Waals surface area contributed by atoms with Crippen molar-refractivity contribution < 1.29 is 9.59 Å². The van der Waals surface area contributed by atoms with E-state index in [1.165, 1.54) is 0 Å². The van der Waals surface area contributed by atoms with Crippen molar-refractivity contribution in [1.82, 2.24) is 4.90 Å². The number of carbonyl (C=O) groups excluding carboxylic acids is 2. The molecule has 26 heavy (non-hydrogen) atoms. The molecule has 0 aliphatic carbocycles. The van der Waals surface area contributed by atoms with Gasteiger partial charge in [-0.15, -0.1) is 0 Å². The van der Waals surface area contributed by atoms with E-state index in [-0.39, 0.29) is 0 Å². The predicted molar refractivity (Wildman–Crippen MR) is 103 cm³/mol. The molecule has 0 bridgehead atoms. The van der Waals surface area contributed by atoms with Gasteiger partial charge in [0.25, 0.3) is 0 Å². The van der Waals surface area contributed by atoms with E-state index in [1.807, 2.05) is 60.7 Å². The zero-order valence-electron chi connectivity index (χ0n) is 14.1. The fourth-order valence-electron chi connectivity index (χ4n) is 3.35. The van der Waals surface area contributed by atoms with Gasteiger partial charge in [-0.3, -0.25) is 9.59 Å². The second kappa shape index (κ2) is 6.81. The van der Waals surface area contributed by atoms with Crippen LogP contribution in [0.15, 0.2) is 66.7 Å². The molecular formula is C21H17ClN2O2. The average molecular weight is 365 g/mol. The van der Waals surface area contributed by atoms with Gasteiger partial charge < -0.3 is 9.80 Å². The van der Waals surface area contributed by atoms with E-state index in [1.54, 1.807) is 15.9 Å². The van der Waals surface area contributed by atoms with Gasteiger partial charge in [0.05, 0.1) is 5.69 Å². The van der Waals surface area contributed by atoms with Gasteiger partial charge >= 0.3 is 11.8 Å². The van der Waals surface area contributed by atoms with Crippen LogP contribution in [-0.4, -0.2) is 29.8 Å². The monoisotopic (exact) mass is 364 g/mol. The molecule has 3 aromatic carbocycles. The van der Waals surface area contributed by atoms with Crippen LogP contribution in [0.2, 0.25) is 5.02 Å². The van der Waals surface area contributed by atoms with Crippen LogP contribution in [-0.2, 0) is 16.1 Å². The largest absolute Gasteiger partial charge is 0.328 e. The van der Waals surface area contributed by atoms with Crippen molar-refractivity contribution in [2.75, 3.05) is 18.0 Å². The Hall–Kier alpha value is -2.85. The molecule has 0 aromatic heterocycles. The Balaban J connectivity index is 1.59. The molecule has 0 radical (unpaired) electrons. The third kappa shape index (κ3) is 3.04. The fraction of sp³-hybridized carbons (Fsp3) is 0.143. The molecule has 1 heterocycles. The normalized spacial score (nSPS) is 15.0. The second-order valence-corrected chi connectivity index (χ2v) is 6.75. The molecule has 4 nitrogen and oxygen atoms in total. The minimum Gasteiger partial charge on any atom is -0.328 e. The molecule has 0 N–H and O–H groups in total. The van der Waals surface area contributed by atoms with Crippen molar-refractivity contribution in [3.05, 3.63) is 77.3 Å². The smallest absolute Gasteiger partial charge is 0.316 e. The molecule has 4 rings (SSSR count). The number of hydrogen-bond acceptors (Lipinski definition) is 2. The quantitative estimate of drug-likeness (QED) is 0.662. The second-order valence-electron chi connectivity index (χ2n) is 6.31. The highest BCUT2D eigenvalue weighted by molar-refractivity contribution is 6.41. The Kier molecular flexibility index (Phi) is 4.35. The van der Waals surface area contributed by atoms with E-state index in [2.05, 4.69) is 0 Å². The molecule has 0 atom stereocenters. The molecule has 1 fully saturated rings. The van der Waals surface area contributed by atoms with Crippen LogP contribution in [0, 0.1) is 0 Å². The van der Waals surface area contributed by atoms with E-state index in [0.29, 0.717) is 24.7 Å². The molecular weight excluding hydrogens is 348 g/mol. The summed E-state index contributed by atoms with van der Waals surface area (Å²) in [5, 5.41) is 2.64. The maximum Gasteiger partial charge on any atom is 0.316 e. The first kappa shape index (κ1) is 16.6. The van der Waals surface area contributed by atoms with Gasteiger partial charge in [0.1, 0.15) is 0 Å². The number of fused-ring (bicyclic) bond motifs is 1. The molecule has 5 heteroatoms. The summed E-state index contributed by atoms with van der Waals surface area (Å²) in [4.78, 5) is 28.5. The number of amides is 2. The van der Waals surface area contributed by atoms with Crippen molar-refractivity contribution in [2.45, 2.75) is 6.54 Å². The highest BCUT2D eigenvalue weighted by Crippen LogP contribution is 2.28. The van der Waals surface area contributed by atoms with Gasteiger partial charge in [-0.2, -0.15) is 0 Å². The lowest BCUT2D eigenvalue weighted by atomic mass is 10.1. The zero-order valence-corrected chi connectivity index (χ0v) is 14.8. The summed E-state index contributed by atoms with van der Waals surface area (Å²) in [6, 6.07) is 21.0. The summed E-state index contributed by atoms with van der Waals surface area (Å²) in [5.41, 5.74) is 1.70. The van der Waals surface area contributed by atoms with E-state index >= 15 is 0 Å². The number of anilines is 1. The third-order valence-corrected chi connectivity index (χ3v) is 4.86. The van der Waals surface area contributed by atoms with Crippen LogP contribution < -0.4 is 4.90 Å². The van der Waals surface area contributed by atoms with Crippen molar-refractivity contribution >= 4 is 39.9 Å². The van der Waals surface area contributed by atoms with Crippen molar-refractivity contribution in [3.8, 4) is 0 Å². The van der Waals surface area contributed by atoms with Gasteiger partial charge in [0, 0.05) is 30.0 Å². The highest BCUT2D eigenvalue weighted by atomic mass is 35.5. The predicted octanol–water partition coefficient (Wildman–Crippen LogP) is 3.87. The van der Waals surface area contributed by atoms with Crippen LogP contribution in [0.1, 0.15) is 5.56 Å². The van der Waals surface area contributed by atoms with Crippen LogP contribution in [0.3, 0.4) is 0 Å². The van der Waals surface area contributed by atoms with Gasteiger partial charge in [0.15, 0.2) is 0 Å². The first-order chi connectivity index (χ1) is 12.6. The third-order valence-electron chi connectivity index (χ3n) is 4.63. The summed E-state index contributed by atoms with van der Waals surface area (Å²) in [7, 11) is 0.